The minimum Gasteiger partial charge on any atom is -0.492 e. The third-order valence-corrected chi connectivity index (χ3v) is 5.18. The SMILES string of the molecule is CCOc1ccc(C(=O)N2CCN(c3c(F)c(F)c(Cl)c(F)c3F)CC2)cc1Cl. The molecule has 1 aliphatic rings. The van der Waals surface area contributed by atoms with Crippen molar-refractivity contribution in [3.63, 3.8) is 0 Å². The maximum absolute atomic E-state index is 14.1. The summed E-state index contributed by atoms with van der Waals surface area (Å²) in [5.74, 6) is -6.30. The van der Waals surface area contributed by atoms with Crippen LogP contribution in [0.5, 0.6) is 5.75 Å². The third-order valence-electron chi connectivity index (χ3n) is 4.55. The van der Waals surface area contributed by atoms with Crippen molar-refractivity contribution < 1.29 is 27.1 Å². The fraction of sp³-hybridized carbons (Fsp3) is 0.316. The van der Waals surface area contributed by atoms with Crippen LogP contribution in [-0.2, 0) is 0 Å². The van der Waals surface area contributed by atoms with Crippen molar-refractivity contribution in [2.75, 3.05) is 37.7 Å². The normalized spacial score (nSPS) is 14.3. The molecular weight excluding hydrogens is 435 g/mol. The van der Waals surface area contributed by atoms with Crippen LogP contribution in [0.1, 0.15) is 17.3 Å². The second-order valence-electron chi connectivity index (χ2n) is 6.28. The number of nitrogens with zero attached hydrogens (tertiary/aromatic N) is 2. The molecule has 1 fully saturated rings. The van der Waals surface area contributed by atoms with Crippen molar-refractivity contribution in [1.82, 2.24) is 4.90 Å². The molecule has 3 rings (SSSR count). The molecule has 1 aliphatic heterocycles. The van der Waals surface area contributed by atoms with Crippen molar-refractivity contribution in [3.05, 3.63) is 57.1 Å². The largest absolute Gasteiger partial charge is 0.492 e. The first-order valence-corrected chi connectivity index (χ1v) is 9.49. The zero-order valence-corrected chi connectivity index (χ0v) is 16.8. The van der Waals surface area contributed by atoms with Gasteiger partial charge in [0.15, 0.2) is 23.3 Å². The van der Waals surface area contributed by atoms with Gasteiger partial charge >= 0.3 is 0 Å². The molecule has 0 aliphatic carbocycles. The molecule has 0 saturated carbocycles. The number of carbonyl (C=O) groups excluding carboxylic acids is 1. The van der Waals surface area contributed by atoms with E-state index in [1.165, 1.54) is 11.0 Å². The first-order valence-electron chi connectivity index (χ1n) is 8.74. The molecule has 0 unspecified atom stereocenters. The molecular formula is C19H16Cl2F4N2O2. The van der Waals surface area contributed by atoms with Gasteiger partial charge in [-0.1, -0.05) is 23.2 Å². The molecule has 1 heterocycles. The fourth-order valence-electron chi connectivity index (χ4n) is 3.09. The lowest BCUT2D eigenvalue weighted by atomic mass is 10.1. The Morgan fingerprint density at radius 3 is 2.10 bits per heavy atom. The van der Waals surface area contributed by atoms with Gasteiger partial charge in [0.25, 0.3) is 5.91 Å². The highest BCUT2D eigenvalue weighted by molar-refractivity contribution is 6.32. The summed E-state index contributed by atoms with van der Waals surface area (Å²) < 4.78 is 61.0. The van der Waals surface area contributed by atoms with E-state index >= 15 is 0 Å². The van der Waals surface area contributed by atoms with Crippen LogP contribution in [0.3, 0.4) is 0 Å². The van der Waals surface area contributed by atoms with Crippen LogP contribution in [0.4, 0.5) is 23.2 Å². The van der Waals surface area contributed by atoms with Gasteiger partial charge < -0.3 is 14.5 Å². The minimum atomic E-state index is -1.65. The van der Waals surface area contributed by atoms with Crippen molar-refractivity contribution >= 4 is 34.8 Å². The van der Waals surface area contributed by atoms with Gasteiger partial charge in [0, 0.05) is 31.7 Å². The Kier molecular flexibility index (Phi) is 6.43. The molecule has 0 aromatic heterocycles. The zero-order valence-electron chi connectivity index (χ0n) is 15.2. The molecule has 0 N–H and O–H groups in total. The Morgan fingerprint density at radius 2 is 1.59 bits per heavy atom. The van der Waals surface area contributed by atoms with Gasteiger partial charge in [0.05, 0.1) is 11.6 Å². The Labute approximate surface area is 174 Å². The molecule has 4 nitrogen and oxygen atoms in total. The van der Waals surface area contributed by atoms with E-state index in [1.54, 1.807) is 19.1 Å². The van der Waals surface area contributed by atoms with Crippen LogP contribution in [0.15, 0.2) is 18.2 Å². The van der Waals surface area contributed by atoms with Gasteiger partial charge in [0.2, 0.25) is 0 Å². The minimum absolute atomic E-state index is 0.0230. The number of hydrogen-bond donors (Lipinski definition) is 0. The summed E-state index contributed by atoms with van der Waals surface area (Å²) in [5, 5.41) is -0.947. The van der Waals surface area contributed by atoms with Gasteiger partial charge in [-0.25, -0.2) is 17.6 Å². The smallest absolute Gasteiger partial charge is 0.254 e. The Bertz CT molecular complexity index is 921. The van der Waals surface area contributed by atoms with Crippen LogP contribution in [0, 0.1) is 23.3 Å². The van der Waals surface area contributed by atoms with Crippen molar-refractivity contribution in [2.45, 2.75) is 6.92 Å². The van der Waals surface area contributed by atoms with Gasteiger partial charge in [-0.2, -0.15) is 0 Å². The van der Waals surface area contributed by atoms with Crippen LogP contribution >= 0.6 is 23.2 Å². The van der Waals surface area contributed by atoms with E-state index in [9.17, 15) is 22.4 Å². The number of hydrogen-bond acceptors (Lipinski definition) is 3. The number of anilines is 1. The molecule has 2 aromatic carbocycles. The van der Waals surface area contributed by atoms with Crippen LogP contribution in [0.25, 0.3) is 0 Å². The molecule has 1 amide bonds. The number of amides is 1. The standard InChI is InChI=1S/C19H16Cl2F4N2O2/c1-2-29-12-4-3-10(9-11(12)20)19(28)27-7-5-26(6-8-27)18-16(24)14(22)13(21)15(23)17(18)25/h3-4,9H,2,5-8H2,1H3. The first kappa shape index (κ1) is 21.5. The van der Waals surface area contributed by atoms with E-state index in [0.717, 1.165) is 4.90 Å². The Balaban J connectivity index is 1.75. The predicted octanol–water partition coefficient (Wildman–Crippen LogP) is 4.91. The number of benzene rings is 2. The number of piperazine rings is 1. The molecule has 0 bridgehead atoms. The summed E-state index contributed by atoms with van der Waals surface area (Å²) in [6.07, 6.45) is 0. The van der Waals surface area contributed by atoms with Crippen molar-refractivity contribution in [2.24, 2.45) is 0 Å². The van der Waals surface area contributed by atoms with E-state index < -0.39 is 34.0 Å². The molecule has 10 heteroatoms. The van der Waals surface area contributed by atoms with Crippen molar-refractivity contribution in [1.29, 1.82) is 0 Å². The quantitative estimate of drug-likeness (QED) is 0.376. The van der Waals surface area contributed by atoms with Gasteiger partial charge in [-0.3, -0.25) is 4.79 Å². The number of halogens is 6. The third kappa shape index (κ3) is 4.09. The van der Waals surface area contributed by atoms with Crippen LogP contribution < -0.4 is 9.64 Å². The number of rotatable bonds is 4. The van der Waals surface area contributed by atoms with Gasteiger partial charge in [0.1, 0.15) is 16.5 Å². The predicted molar refractivity (Wildman–Crippen MR) is 102 cm³/mol. The first-order chi connectivity index (χ1) is 13.8. The molecule has 1 saturated heterocycles. The summed E-state index contributed by atoms with van der Waals surface area (Å²) in [6, 6.07) is 4.62. The zero-order chi connectivity index (χ0) is 21.3. The summed E-state index contributed by atoms with van der Waals surface area (Å²) in [7, 11) is 0. The van der Waals surface area contributed by atoms with E-state index in [2.05, 4.69) is 0 Å². The molecule has 0 spiro atoms. The van der Waals surface area contributed by atoms with Gasteiger partial charge in [-0.15, -0.1) is 0 Å². The second-order valence-corrected chi connectivity index (χ2v) is 7.06. The Morgan fingerprint density at radius 1 is 1.00 bits per heavy atom. The van der Waals surface area contributed by atoms with E-state index in [1.807, 2.05) is 0 Å². The fourth-order valence-corrected chi connectivity index (χ4v) is 3.49. The second kappa shape index (κ2) is 8.67. The van der Waals surface area contributed by atoms with Crippen LogP contribution in [-0.4, -0.2) is 43.6 Å². The average Bonchev–Trinajstić information content (AvgIpc) is 2.72. The maximum atomic E-state index is 14.1. The highest BCUT2D eigenvalue weighted by atomic mass is 35.5. The van der Waals surface area contributed by atoms with Gasteiger partial charge in [-0.05, 0) is 25.1 Å². The molecule has 29 heavy (non-hydrogen) atoms. The van der Waals surface area contributed by atoms with E-state index in [0.29, 0.717) is 17.9 Å². The topological polar surface area (TPSA) is 32.8 Å². The van der Waals surface area contributed by atoms with E-state index in [4.69, 9.17) is 27.9 Å². The highest BCUT2D eigenvalue weighted by Crippen LogP contribution is 2.34. The lowest BCUT2D eigenvalue weighted by molar-refractivity contribution is 0.0746. The summed E-state index contributed by atoms with van der Waals surface area (Å²) in [6.45, 7) is 2.37. The van der Waals surface area contributed by atoms with Crippen molar-refractivity contribution in [3.8, 4) is 5.75 Å². The number of carbonyl (C=O) groups is 1. The van der Waals surface area contributed by atoms with Crippen LogP contribution in [0.2, 0.25) is 10.0 Å². The number of ether oxygens (including phenoxy) is 1. The average molecular weight is 451 g/mol. The summed E-state index contributed by atoms with van der Waals surface area (Å²) >= 11 is 11.4. The lowest BCUT2D eigenvalue weighted by Crippen LogP contribution is -2.49. The highest BCUT2D eigenvalue weighted by Gasteiger charge is 2.31. The molecule has 0 radical (unpaired) electrons. The van der Waals surface area contributed by atoms with E-state index in [-0.39, 0.29) is 37.1 Å². The molecule has 156 valence electrons. The molecule has 0 atom stereocenters. The lowest BCUT2D eigenvalue weighted by Gasteiger charge is -2.36. The molecule has 2 aromatic rings. The monoisotopic (exact) mass is 450 g/mol. The maximum Gasteiger partial charge on any atom is 0.254 e. The summed E-state index contributed by atoms with van der Waals surface area (Å²) in [5.41, 5.74) is -0.506. The summed E-state index contributed by atoms with van der Waals surface area (Å²) in [4.78, 5) is 15.3. The Hall–Kier alpha value is -2.19.